The summed E-state index contributed by atoms with van der Waals surface area (Å²) in [6.07, 6.45) is -2.71. The predicted octanol–water partition coefficient (Wildman–Crippen LogP) is 3.00. The molecule has 0 spiro atoms. The Morgan fingerprint density at radius 2 is 2.06 bits per heavy atom. The van der Waals surface area contributed by atoms with Crippen LogP contribution in [0.1, 0.15) is 11.4 Å². The van der Waals surface area contributed by atoms with Crippen LogP contribution in [-0.2, 0) is 5.92 Å². The third-order valence-electron chi connectivity index (χ3n) is 2.23. The SMILES string of the molecule is Cc1nc2cc(C(F)(F)C(F)F)ncn2c1I. The van der Waals surface area contributed by atoms with E-state index in [4.69, 9.17) is 0 Å². The molecular formula is C9H6F4IN3. The van der Waals surface area contributed by atoms with Crippen LogP contribution in [0.3, 0.4) is 0 Å². The summed E-state index contributed by atoms with van der Waals surface area (Å²) in [6, 6.07) is 0.876. The van der Waals surface area contributed by atoms with Crippen molar-refractivity contribution in [3.05, 3.63) is 27.5 Å². The van der Waals surface area contributed by atoms with E-state index in [1.165, 1.54) is 4.40 Å². The zero-order chi connectivity index (χ0) is 12.8. The molecule has 0 aliphatic carbocycles. The average molecular weight is 359 g/mol. The Balaban J connectivity index is 2.59. The maximum Gasteiger partial charge on any atom is 0.349 e. The Kier molecular flexibility index (Phi) is 3.00. The molecule has 0 N–H and O–H groups in total. The minimum absolute atomic E-state index is 0.178. The summed E-state index contributed by atoms with van der Waals surface area (Å²) in [5.41, 5.74) is -0.163. The minimum Gasteiger partial charge on any atom is -0.278 e. The first-order valence-electron chi connectivity index (χ1n) is 4.50. The molecule has 0 unspecified atom stereocenters. The van der Waals surface area contributed by atoms with Gasteiger partial charge in [-0.15, -0.1) is 0 Å². The zero-order valence-electron chi connectivity index (χ0n) is 8.46. The molecule has 0 radical (unpaired) electrons. The van der Waals surface area contributed by atoms with Crippen molar-refractivity contribution in [2.75, 3.05) is 0 Å². The van der Waals surface area contributed by atoms with Gasteiger partial charge >= 0.3 is 12.3 Å². The third kappa shape index (κ3) is 1.98. The molecule has 0 bridgehead atoms. The second-order valence-electron chi connectivity index (χ2n) is 3.41. The molecule has 0 aliphatic heterocycles. The fourth-order valence-corrected chi connectivity index (χ4v) is 1.82. The summed E-state index contributed by atoms with van der Waals surface area (Å²) in [4.78, 5) is 7.35. The van der Waals surface area contributed by atoms with Crippen molar-refractivity contribution in [2.24, 2.45) is 0 Å². The summed E-state index contributed by atoms with van der Waals surface area (Å²) < 4.78 is 52.6. The van der Waals surface area contributed by atoms with Gasteiger partial charge in [0, 0.05) is 6.07 Å². The number of rotatable bonds is 2. The first kappa shape index (κ1) is 12.5. The van der Waals surface area contributed by atoms with E-state index in [0.717, 1.165) is 12.4 Å². The predicted molar refractivity (Wildman–Crippen MR) is 60.3 cm³/mol. The molecule has 3 nitrogen and oxygen atoms in total. The lowest BCUT2D eigenvalue weighted by molar-refractivity contribution is -0.138. The maximum atomic E-state index is 13.1. The van der Waals surface area contributed by atoms with Gasteiger partial charge in [0.15, 0.2) is 0 Å². The lowest BCUT2D eigenvalue weighted by Crippen LogP contribution is -2.25. The lowest BCUT2D eigenvalue weighted by atomic mass is 10.2. The Bertz CT molecular complexity index is 567. The fraction of sp³-hybridized carbons (Fsp3) is 0.333. The van der Waals surface area contributed by atoms with E-state index in [2.05, 4.69) is 9.97 Å². The van der Waals surface area contributed by atoms with Crippen molar-refractivity contribution in [3.63, 3.8) is 0 Å². The second kappa shape index (κ2) is 4.07. The van der Waals surface area contributed by atoms with Crippen LogP contribution in [0.5, 0.6) is 0 Å². The monoisotopic (exact) mass is 359 g/mol. The molecule has 0 aliphatic rings. The van der Waals surface area contributed by atoms with Crippen LogP contribution in [0.4, 0.5) is 17.6 Å². The van der Waals surface area contributed by atoms with E-state index in [0.29, 0.717) is 9.39 Å². The van der Waals surface area contributed by atoms with Gasteiger partial charge in [-0.05, 0) is 29.5 Å². The molecule has 0 amide bonds. The summed E-state index contributed by atoms with van der Waals surface area (Å²) in [5.74, 6) is -4.26. The van der Waals surface area contributed by atoms with E-state index in [1.54, 1.807) is 6.92 Å². The van der Waals surface area contributed by atoms with Crippen LogP contribution in [0, 0.1) is 10.6 Å². The van der Waals surface area contributed by atoms with E-state index >= 15 is 0 Å². The molecule has 2 heterocycles. The molecule has 17 heavy (non-hydrogen) atoms. The largest absolute Gasteiger partial charge is 0.349 e. The van der Waals surface area contributed by atoms with Crippen LogP contribution in [0.15, 0.2) is 12.4 Å². The summed E-state index contributed by atoms with van der Waals surface area (Å²) >= 11 is 1.97. The highest BCUT2D eigenvalue weighted by molar-refractivity contribution is 14.1. The smallest absolute Gasteiger partial charge is 0.278 e. The normalized spacial score (nSPS) is 12.6. The number of hydrogen-bond donors (Lipinski definition) is 0. The number of hydrogen-bond acceptors (Lipinski definition) is 2. The van der Waals surface area contributed by atoms with Crippen molar-refractivity contribution in [3.8, 4) is 0 Å². The second-order valence-corrected chi connectivity index (χ2v) is 4.44. The number of fused-ring (bicyclic) bond motifs is 1. The molecule has 0 saturated carbocycles. The molecule has 8 heteroatoms. The van der Waals surface area contributed by atoms with Crippen LogP contribution >= 0.6 is 22.6 Å². The molecule has 0 saturated heterocycles. The van der Waals surface area contributed by atoms with Gasteiger partial charge < -0.3 is 0 Å². The van der Waals surface area contributed by atoms with Crippen LogP contribution < -0.4 is 0 Å². The summed E-state index contributed by atoms with van der Waals surface area (Å²) in [6.45, 7) is 1.69. The van der Waals surface area contributed by atoms with E-state index in [-0.39, 0.29) is 5.65 Å². The lowest BCUT2D eigenvalue weighted by Gasteiger charge is -2.14. The van der Waals surface area contributed by atoms with Gasteiger partial charge in [0.1, 0.15) is 21.4 Å². The molecule has 0 atom stereocenters. The van der Waals surface area contributed by atoms with Gasteiger partial charge in [0.2, 0.25) is 0 Å². The number of aromatic nitrogens is 3. The topological polar surface area (TPSA) is 30.2 Å². The summed E-state index contributed by atoms with van der Waals surface area (Å²) in [7, 11) is 0. The minimum atomic E-state index is -4.26. The number of halogens is 5. The van der Waals surface area contributed by atoms with Gasteiger partial charge in [-0.3, -0.25) is 4.40 Å². The highest BCUT2D eigenvalue weighted by Gasteiger charge is 2.44. The van der Waals surface area contributed by atoms with Gasteiger partial charge in [-0.1, -0.05) is 0 Å². The molecule has 92 valence electrons. The van der Waals surface area contributed by atoms with Crippen LogP contribution in [0.25, 0.3) is 5.65 Å². The quantitative estimate of drug-likeness (QED) is 0.610. The first-order valence-corrected chi connectivity index (χ1v) is 5.58. The standard InChI is InChI=1S/C9H6F4IN3/c1-4-7(14)17-3-15-5(2-6(17)16-4)9(12,13)8(10)11/h2-3,8H,1H3. The van der Waals surface area contributed by atoms with E-state index < -0.39 is 18.0 Å². The van der Waals surface area contributed by atoms with Gasteiger partial charge in [-0.2, -0.15) is 8.78 Å². The number of aryl methyl sites for hydroxylation is 1. The molecule has 2 aromatic rings. The zero-order valence-corrected chi connectivity index (χ0v) is 10.6. The fourth-order valence-electron chi connectivity index (χ4n) is 1.33. The number of imidazole rings is 1. The van der Waals surface area contributed by atoms with Crippen LogP contribution in [-0.4, -0.2) is 20.8 Å². The molecule has 2 aromatic heterocycles. The van der Waals surface area contributed by atoms with Crippen molar-refractivity contribution in [2.45, 2.75) is 19.3 Å². The van der Waals surface area contributed by atoms with Crippen molar-refractivity contribution in [1.29, 1.82) is 0 Å². The Labute approximate surface area is 107 Å². The Hall–Kier alpha value is -0.930. The number of alkyl halides is 4. The van der Waals surface area contributed by atoms with Crippen molar-refractivity contribution >= 4 is 28.2 Å². The molecule has 0 aromatic carbocycles. The summed E-state index contributed by atoms with van der Waals surface area (Å²) in [5, 5.41) is 0. The average Bonchev–Trinajstić information content (AvgIpc) is 2.54. The highest BCUT2D eigenvalue weighted by Crippen LogP contribution is 2.33. The first-order chi connectivity index (χ1) is 7.84. The molecule has 2 rings (SSSR count). The van der Waals surface area contributed by atoms with Crippen molar-refractivity contribution < 1.29 is 17.6 Å². The van der Waals surface area contributed by atoms with Crippen LogP contribution in [0.2, 0.25) is 0 Å². The Morgan fingerprint density at radius 3 is 2.65 bits per heavy atom. The van der Waals surface area contributed by atoms with Gasteiger partial charge in [0.05, 0.1) is 5.69 Å². The van der Waals surface area contributed by atoms with E-state index in [1.807, 2.05) is 22.6 Å². The van der Waals surface area contributed by atoms with Crippen molar-refractivity contribution in [1.82, 2.24) is 14.4 Å². The molecular weight excluding hydrogens is 353 g/mol. The third-order valence-corrected chi connectivity index (χ3v) is 3.53. The van der Waals surface area contributed by atoms with E-state index in [9.17, 15) is 17.6 Å². The highest BCUT2D eigenvalue weighted by atomic mass is 127. The molecule has 0 fully saturated rings. The Morgan fingerprint density at radius 1 is 1.41 bits per heavy atom. The van der Waals surface area contributed by atoms with Gasteiger partial charge in [-0.25, -0.2) is 18.7 Å². The maximum absolute atomic E-state index is 13.1. The van der Waals surface area contributed by atoms with Gasteiger partial charge in [0.25, 0.3) is 0 Å². The number of nitrogens with zero attached hydrogens (tertiary/aromatic N) is 3.